The molecule has 2 aromatic carbocycles. The van der Waals surface area contributed by atoms with Gasteiger partial charge in [-0.25, -0.2) is 17.9 Å². The average Bonchev–Trinajstić information content (AvgIpc) is 2.98. The Kier molecular flexibility index (Phi) is 9.81. The zero-order valence-electron chi connectivity index (χ0n) is 26.6. The number of carbonyl (C=O) groups excluding carboxylic acids is 1. The largest absolute Gasteiger partial charge is 0.497 e. The number of hydrogen-bond acceptors (Lipinski definition) is 7. The molecule has 0 spiro atoms. The lowest BCUT2D eigenvalue weighted by molar-refractivity contribution is 0.218. The zero-order valence-corrected chi connectivity index (χ0v) is 27.5. The fourth-order valence-corrected chi connectivity index (χ4v) is 6.56. The first kappa shape index (κ1) is 32.5. The summed E-state index contributed by atoms with van der Waals surface area (Å²) in [7, 11) is -2.07. The van der Waals surface area contributed by atoms with Crippen LogP contribution in [0.25, 0.3) is 10.8 Å². The van der Waals surface area contributed by atoms with Crippen LogP contribution in [0, 0.1) is 5.41 Å². The Bertz CT molecular complexity index is 1720. The number of aromatic nitrogens is 1. The molecule has 1 atom stereocenters. The number of sulfonamides is 1. The number of rotatable bonds is 9. The van der Waals surface area contributed by atoms with Crippen molar-refractivity contribution in [1.82, 2.24) is 19.9 Å². The molecular weight excluding hydrogens is 590 g/mol. The molecule has 2 aliphatic rings. The number of ether oxygens (including phenoxy) is 2. The maximum Gasteiger partial charge on any atom is 0.323 e. The number of carbonyl (C=O) groups is 1. The van der Waals surface area contributed by atoms with E-state index in [-0.39, 0.29) is 5.41 Å². The monoisotopic (exact) mass is 633 g/mol. The van der Waals surface area contributed by atoms with Gasteiger partial charge in [-0.2, -0.15) is 0 Å². The highest BCUT2D eigenvalue weighted by atomic mass is 32.2. The molecule has 1 unspecified atom stereocenters. The number of nitrogens with zero attached hydrogens (tertiary/aromatic N) is 2. The number of amides is 2. The number of methoxy groups -OCH3 is 1. The maximum absolute atomic E-state index is 13.4. The third-order valence-corrected chi connectivity index (χ3v) is 8.81. The molecule has 45 heavy (non-hydrogen) atoms. The van der Waals surface area contributed by atoms with Gasteiger partial charge < -0.3 is 20.1 Å². The predicted octanol–water partition coefficient (Wildman–Crippen LogP) is 6.29. The molecule has 1 saturated heterocycles. The summed E-state index contributed by atoms with van der Waals surface area (Å²) in [5.41, 5.74) is 2.68. The summed E-state index contributed by atoms with van der Waals surface area (Å²) < 4.78 is 38.9. The van der Waals surface area contributed by atoms with E-state index in [0.29, 0.717) is 35.1 Å². The third kappa shape index (κ3) is 8.42. The molecule has 1 aliphatic carbocycles. The van der Waals surface area contributed by atoms with E-state index in [2.05, 4.69) is 25.2 Å². The second kappa shape index (κ2) is 13.6. The van der Waals surface area contributed by atoms with Crippen LogP contribution < -0.4 is 20.1 Å². The number of benzene rings is 2. The Morgan fingerprint density at radius 2 is 1.76 bits per heavy atom. The molecule has 0 radical (unpaired) electrons. The van der Waals surface area contributed by atoms with Gasteiger partial charge in [0, 0.05) is 29.6 Å². The summed E-state index contributed by atoms with van der Waals surface area (Å²) >= 11 is 0. The normalized spacial score (nSPS) is 18.0. The molecule has 10 nitrogen and oxygen atoms in total. The van der Waals surface area contributed by atoms with Gasteiger partial charge in [-0.3, -0.25) is 9.88 Å². The van der Waals surface area contributed by atoms with Crippen molar-refractivity contribution in [2.75, 3.05) is 31.8 Å². The third-order valence-electron chi connectivity index (χ3n) is 8.09. The average molecular weight is 634 g/mol. The molecule has 2 heterocycles. The van der Waals surface area contributed by atoms with E-state index in [1.807, 2.05) is 75.4 Å². The standard InChI is InChI=1S/C34H43N5O5S/c1-34(2,3)23-19-29(32(43-4)30(20-23)38-45(5,41)42)37-33(40)36-28-13-14-31(27-12-8-7-11-26(27)28)44-25-15-16-35-24(21-25)22-39-17-9-6-10-18-39/h7-8,11-16,19,21,30,38H,6,9-10,17-18,20,22H2,1-5H3,(H2,36,37,40). The number of piperidine rings is 1. The second-order valence-corrected chi connectivity index (χ2v) is 14.5. The van der Waals surface area contributed by atoms with E-state index in [9.17, 15) is 13.2 Å². The van der Waals surface area contributed by atoms with Crippen LogP contribution in [0.5, 0.6) is 11.5 Å². The maximum atomic E-state index is 13.4. The van der Waals surface area contributed by atoms with E-state index < -0.39 is 22.1 Å². The highest BCUT2D eigenvalue weighted by Gasteiger charge is 2.32. The van der Waals surface area contributed by atoms with Crippen molar-refractivity contribution in [3.05, 3.63) is 83.5 Å². The van der Waals surface area contributed by atoms with Crippen LogP contribution in [0.3, 0.4) is 0 Å². The highest BCUT2D eigenvalue weighted by Crippen LogP contribution is 2.37. The molecule has 1 aromatic heterocycles. The van der Waals surface area contributed by atoms with Crippen molar-refractivity contribution in [2.24, 2.45) is 5.41 Å². The molecular formula is C34H43N5O5S. The van der Waals surface area contributed by atoms with Gasteiger partial charge in [-0.05, 0) is 62.0 Å². The van der Waals surface area contributed by atoms with E-state index in [0.717, 1.165) is 47.9 Å². The van der Waals surface area contributed by atoms with Crippen LogP contribution in [0.15, 0.2) is 77.8 Å². The fourth-order valence-electron chi connectivity index (χ4n) is 5.86. The number of anilines is 1. The Morgan fingerprint density at radius 1 is 1.02 bits per heavy atom. The van der Waals surface area contributed by atoms with Crippen LogP contribution in [0.1, 0.15) is 52.1 Å². The van der Waals surface area contributed by atoms with Crippen molar-refractivity contribution >= 4 is 32.5 Å². The van der Waals surface area contributed by atoms with E-state index in [1.54, 1.807) is 6.20 Å². The Balaban J connectivity index is 1.36. The molecule has 11 heteroatoms. The molecule has 3 N–H and O–H groups in total. The zero-order chi connectivity index (χ0) is 32.2. The van der Waals surface area contributed by atoms with Crippen LogP contribution in [0.4, 0.5) is 10.5 Å². The summed E-state index contributed by atoms with van der Waals surface area (Å²) in [4.78, 5) is 20.4. The van der Waals surface area contributed by atoms with E-state index in [1.165, 1.54) is 26.4 Å². The fraction of sp³-hybridized carbons (Fsp3) is 0.412. The van der Waals surface area contributed by atoms with Crippen LogP contribution in [-0.4, -0.2) is 56.8 Å². The van der Waals surface area contributed by atoms with E-state index >= 15 is 0 Å². The highest BCUT2D eigenvalue weighted by molar-refractivity contribution is 7.88. The van der Waals surface area contributed by atoms with Gasteiger partial charge >= 0.3 is 6.03 Å². The molecule has 240 valence electrons. The van der Waals surface area contributed by atoms with Crippen molar-refractivity contribution < 1.29 is 22.7 Å². The lowest BCUT2D eigenvalue weighted by Gasteiger charge is -2.33. The molecule has 1 aliphatic heterocycles. The van der Waals surface area contributed by atoms with Crippen molar-refractivity contribution in [3.63, 3.8) is 0 Å². The lowest BCUT2D eigenvalue weighted by atomic mass is 9.79. The number of allylic oxidation sites excluding steroid dienone is 1. The van der Waals surface area contributed by atoms with E-state index in [4.69, 9.17) is 9.47 Å². The van der Waals surface area contributed by atoms with Crippen molar-refractivity contribution in [3.8, 4) is 11.5 Å². The summed E-state index contributed by atoms with van der Waals surface area (Å²) in [6.45, 7) is 9.12. The first-order valence-electron chi connectivity index (χ1n) is 15.3. The van der Waals surface area contributed by atoms with Crippen LogP contribution in [-0.2, 0) is 21.3 Å². The molecule has 3 aromatic rings. The molecule has 1 fully saturated rings. The molecule has 2 amide bonds. The lowest BCUT2D eigenvalue weighted by Crippen LogP contribution is -2.42. The first-order chi connectivity index (χ1) is 21.4. The van der Waals surface area contributed by atoms with Gasteiger partial charge in [0.05, 0.1) is 36.5 Å². The number of nitrogens with one attached hydrogen (secondary N) is 3. The summed E-state index contributed by atoms with van der Waals surface area (Å²) in [5, 5.41) is 7.50. The van der Waals surface area contributed by atoms with Gasteiger partial charge in [0.15, 0.2) is 0 Å². The number of likely N-dealkylation sites (tertiary alicyclic amines) is 1. The van der Waals surface area contributed by atoms with Gasteiger partial charge in [0.25, 0.3) is 0 Å². The minimum absolute atomic E-state index is 0.255. The van der Waals surface area contributed by atoms with Gasteiger partial charge in [-0.1, -0.05) is 57.0 Å². The number of hydrogen-bond donors (Lipinski definition) is 3. The predicted molar refractivity (Wildman–Crippen MR) is 177 cm³/mol. The first-order valence-corrected chi connectivity index (χ1v) is 17.2. The quantitative estimate of drug-likeness (QED) is 0.253. The smallest absolute Gasteiger partial charge is 0.323 e. The number of fused-ring (bicyclic) bond motifs is 1. The number of pyridine rings is 1. The Hall–Kier alpha value is -3.93. The van der Waals surface area contributed by atoms with Gasteiger partial charge in [0.1, 0.15) is 17.3 Å². The summed E-state index contributed by atoms with van der Waals surface area (Å²) in [5.74, 6) is 1.71. The summed E-state index contributed by atoms with van der Waals surface area (Å²) in [6, 6.07) is 14.1. The SMILES string of the molecule is COC1=C(NC(=O)Nc2ccc(Oc3ccnc(CN4CCCCC4)c3)c3ccccc23)C=C(C(C)(C)C)CC1NS(C)(=O)=O. The second-order valence-electron chi connectivity index (χ2n) is 12.7. The minimum atomic E-state index is -3.53. The molecule has 0 saturated carbocycles. The Morgan fingerprint density at radius 3 is 2.44 bits per heavy atom. The Labute approximate surface area is 265 Å². The molecule has 0 bridgehead atoms. The van der Waals surface area contributed by atoms with Crippen LogP contribution >= 0.6 is 0 Å². The minimum Gasteiger partial charge on any atom is -0.497 e. The molecule has 5 rings (SSSR count). The topological polar surface area (TPSA) is 122 Å². The number of urea groups is 1. The van der Waals surface area contributed by atoms with Crippen molar-refractivity contribution in [2.45, 2.75) is 59.0 Å². The van der Waals surface area contributed by atoms with Crippen molar-refractivity contribution in [1.29, 1.82) is 0 Å². The van der Waals surface area contributed by atoms with Crippen LogP contribution in [0.2, 0.25) is 0 Å². The van der Waals surface area contributed by atoms with Gasteiger partial charge in [-0.15, -0.1) is 0 Å². The summed E-state index contributed by atoms with van der Waals surface area (Å²) in [6.07, 6.45) is 8.91. The van der Waals surface area contributed by atoms with Gasteiger partial charge in [0.2, 0.25) is 10.0 Å².